The molecule has 1 aromatic heterocycles. The van der Waals surface area contributed by atoms with Crippen molar-refractivity contribution in [2.75, 3.05) is 6.54 Å². The molecule has 6 heteroatoms. The Hall–Kier alpha value is -1.98. The van der Waals surface area contributed by atoms with Gasteiger partial charge in [0.05, 0.1) is 18.7 Å². The summed E-state index contributed by atoms with van der Waals surface area (Å²) in [5.41, 5.74) is 0. The number of hydrogen-bond donors (Lipinski definition) is 3. The highest BCUT2D eigenvalue weighted by Crippen LogP contribution is 2.10. The highest BCUT2D eigenvalue weighted by molar-refractivity contribution is 5.75. The van der Waals surface area contributed by atoms with Crippen LogP contribution in [0.4, 0.5) is 4.79 Å². The van der Waals surface area contributed by atoms with Gasteiger partial charge in [0, 0.05) is 6.54 Å². The SMILES string of the molecule is CC(C)CC(CNC(=O)NCc1ccco1)C(=O)O. The maximum atomic E-state index is 11.5. The average Bonchev–Trinajstić information content (AvgIpc) is 2.84. The quantitative estimate of drug-likeness (QED) is 0.703. The number of urea groups is 1. The molecular weight excluding hydrogens is 248 g/mol. The molecule has 2 amide bonds. The Kier molecular flexibility index (Phi) is 5.92. The van der Waals surface area contributed by atoms with Crippen molar-refractivity contribution >= 4 is 12.0 Å². The van der Waals surface area contributed by atoms with Gasteiger partial charge in [0.15, 0.2) is 0 Å². The van der Waals surface area contributed by atoms with E-state index < -0.39 is 17.9 Å². The lowest BCUT2D eigenvalue weighted by Crippen LogP contribution is -2.39. The van der Waals surface area contributed by atoms with Gasteiger partial charge in [-0.05, 0) is 24.5 Å². The lowest BCUT2D eigenvalue weighted by molar-refractivity contribution is -0.142. The van der Waals surface area contributed by atoms with Gasteiger partial charge in [-0.25, -0.2) is 4.79 Å². The average molecular weight is 268 g/mol. The van der Waals surface area contributed by atoms with Gasteiger partial charge in [-0.2, -0.15) is 0 Å². The molecule has 1 atom stereocenters. The molecule has 0 aromatic carbocycles. The first-order valence-electron chi connectivity index (χ1n) is 6.26. The second kappa shape index (κ2) is 7.45. The van der Waals surface area contributed by atoms with Crippen molar-refractivity contribution in [2.45, 2.75) is 26.8 Å². The molecule has 0 radical (unpaired) electrons. The van der Waals surface area contributed by atoms with E-state index in [1.165, 1.54) is 6.26 Å². The van der Waals surface area contributed by atoms with Crippen molar-refractivity contribution in [1.29, 1.82) is 0 Å². The number of aliphatic carboxylic acids is 1. The van der Waals surface area contributed by atoms with Crippen molar-refractivity contribution in [2.24, 2.45) is 11.8 Å². The zero-order valence-electron chi connectivity index (χ0n) is 11.2. The first-order chi connectivity index (χ1) is 8.99. The van der Waals surface area contributed by atoms with Gasteiger partial charge < -0.3 is 20.2 Å². The second-order valence-corrected chi connectivity index (χ2v) is 4.81. The minimum atomic E-state index is -0.889. The van der Waals surface area contributed by atoms with Crippen LogP contribution >= 0.6 is 0 Å². The minimum Gasteiger partial charge on any atom is -0.481 e. The molecule has 0 aliphatic carbocycles. The van der Waals surface area contributed by atoms with Gasteiger partial charge in [-0.3, -0.25) is 4.79 Å². The summed E-state index contributed by atoms with van der Waals surface area (Å²) in [6.45, 7) is 4.30. The molecule has 3 N–H and O–H groups in total. The Morgan fingerprint density at radius 3 is 2.63 bits per heavy atom. The van der Waals surface area contributed by atoms with E-state index >= 15 is 0 Å². The van der Waals surface area contributed by atoms with Gasteiger partial charge in [0.2, 0.25) is 0 Å². The number of amides is 2. The van der Waals surface area contributed by atoms with Crippen molar-refractivity contribution < 1.29 is 19.1 Å². The first kappa shape index (κ1) is 15.1. The van der Waals surface area contributed by atoms with Crippen LogP contribution in [0.1, 0.15) is 26.0 Å². The van der Waals surface area contributed by atoms with E-state index in [9.17, 15) is 9.59 Å². The van der Waals surface area contributed by atoms with Gasteiger partial charge in [0.25, 0.3) is 0 Å². The van der Waals surface area contributed by atoms with Crippen LogP contribution in [-0.4, -0.2) is 23.7 Å². The van der Waals surface area contributed by atoms with Crippen LogP contribution < -0.4 is 10.6 Å². The Bertz CT molecular complexity index is 401. The fourth-order valence-electron chi connectivity index (χ4n) is 1.70. The molecule has 0 spiro atoms. The van der Waals surface area contributed by atoms with Crippen molar-refractivity contribution in [3.63, 3.8) is 0 Å². The molecule has 0 aliphatic rings. The smallest absolute Gasteiger partial charge is 0.315 e. The highest BCUT2D eigenvalue weighted by atomic mass is 16.4. The molecule has 6 nitrogen and oxygen atoms in total. The standard InChI is InChI=1S/C13H20N2O4/c1-9(2)6-10(12(16)17)7-14-13(18)15-8-11-4-3-5-19-11/h3-5,9-10H,6-8H2,1-2H3,(H,16,17)(H2,14,15,18). The van der Waals surface area contributed by atoms with Crippen LogP contribution in [-0.2, 0) is 11.3 Å². The van der Waals surface area contributed by atoms with Crippen LogP contribution in [0.2, 0.25) is 0 Å². The Labute approximate surface area is 112 Å². The number of nitrogens with one attached hydrogen (secondary N) is 2. The number of carbonyl (C=O) groups is 2. The molecular formula is C13H20N2O4. The largest absolute Gasteiger partial charge is 0.481 e. The highest BCUT2D eigenvalue weighted by Gasteiger charge is 2.19. The summed E-state index contributed by atoms with van der Waals surface area (Å²) in [6.07, 6.45) is 2.06. The predicted octanol–water partition coefficient (Wildman–Crippen LogP) is 1.83. The van der Waals surface area contributed by atoms with E-state index in [0.29, 0.717) is 12.2 Å². The van der Waals surface area contributed by atoms with Gasteiger partial charge in [0.1, 0.15) is 5.76 Å². The maximum absolute atomic E-state index is 11.5. The minimum absolute atomic E-state index is 0.123. The molecule has 1 heterocycles. The number of furan rings is 1. The number of carbonyl (C=O) groups excluding carboxylic acids is 1. The zero-order valence-corrected chi connectivity index (χ0v) is 11.2. The summed E-state index contributed by atoms with van der Waals surface area (Å²) in [7, 11) is 0. The molecule has 106 valence electrons. The number of carboxylic acid groups (broad SMARTS) is 1. The van der Waals surface area contributed by atoms with E-state index in [4.69, 9.17) is 9.52 Å². The van der Waals surface area contributed by atoms with Gasteiger partial charge in [-0.15, -0.1) is 0 Å². The van der Waals surface area contributed by atoms with Crippen molar-refractivity contribution in [1.82, 2.24) is 10.6 Å². The van der Waals surface area contributed by atoms with Crippen molar-refractivity contribution in [3.05, 3.63) is 24.2 Å². The summed E-state index contributed by atoms with van der Waals surface area (Å²) in [5, 5.41) is 14.2. The molecule has 0 fully saturated rings. The fraction of sp³-hybridized carbons (Fsp3) is 0.538. The molecule has 1 aromatic rings. The molecule has 0 saturated heterocycles. The molecule has 1 unspecified atom stereocenters. The third-order valence-electron chi connectivity index (χ3n) is 2.62. The van der Waals surface area contributed by atoms with Crippen LogP contribution in [0, 0.1) is 11.8 Å². The Balaban J connectivity index is 2.29. The third kappa shape index (κ3) is 5.94. The summed E-state index contributed by atoms with van der Waals surface area (Å²) in [6, 6.07) is 3.09. The van der Waals surface area contributed by atoms with Gasteiger partial charge in [-0.1, -0.05) is 13.8 Å². The van der Waals surface area contributed by atoms with E-state index in [2.05, 4.69) is 10.6 Å². The van der Waals surface area contributed by atoms with E-state index in [-0.39, 0.29) is 19.0 Å². The van der Waals surface area contributed by atoms with Crippen LogP contribution in [0.15, 0.2) is 22.8 Å². The Morgan fingerprint density at radius 2 is 2.11 bits per heavy atom. The van der Waals surface area contributed by atoms with E-state index in [0.717, 1.165) is 0 Å². The monoisotopic (exact) mass is 268 g/mol. The number of hydrogen-bond acceptors (Lipinski definition) is 3. The second-order valence-electron chi connectivity index (χ2n) is 4.81. The van der Waals surface area contributed by atoms with E-state index in [1.807, 2.05) is 13.8 Å². The lowest BCUT2D eigenvalue weighted by atomic mass is 9.97. The Morgan fingerprint density at radius 1 is 1.37 bits per heavy atom. The fourth-order valence-corrected chi connectivity index (χ4v) is 1.70. The lowest BCUT2D eigenvalue weighted by Gasteiger charge is -2.15. The summed E-state index contributed by atoms with van der Waals surface area (Å²) in [5.74, 6) is -0.532. The normalized spacial score (nSPS) is 12.2. The summed E-state index contributed by atoms with van der Waals surface area (Å²) >= 11 is 0. The molecule has 1 rings (SSSR count). The molecule has 0 bridgehead atoms. The molecule has 19 heavy (non-hydrogen) atoms. The first-order valence-corrected chi connectivity index (χ1v) is 6.26. The third-order valence-corrected chi connectivity index (χ3v) is 2.62. The molecule has 0 aliphatic heterocycles. The van der Waals surface area contributed by atoms with E-state index in [1.54, 1.807) is 12.1 Å². The van der Waals surface area contributed by atoms with Crippen LogP contribution in [0.5, 0.6) is 0 Å². The van der Waals surface area contributed by atoms with Crippen LogP contribution in [0.25, 0.3) is 0 Å². The maximum Gasteiger partial charge on any atom is 0.315 e. The predicted molar refractivity (Wildman–Crippen MR) is 69.5 cm³/mol. The number of carboxylic acids is 1. The summed E-state index contributed by atoms with van der Waals surface area (Å²) in [4.78, 5) is 22.5. The van der Waals surface area contributed by atoms with Crippen LogP contribution in [0.3, 0.4) is 0 Å². The zero-order chi connectivity index (χ0) is 14.3. The summed E-state index contributed by atoms with van der Waals surface area (Å²) < 4.78 is 5.06. The molecule has 0 saturated carbocycles. The topological polar surface area (TPSA) is 91.6 Å². The van der Waals surface area contributed by atoms with Gasteiger partial charge >= 0.3 is 12.0 Å². The van der Waals surface area contributed by atoms with Crippen molar-refractivity contribution in [3.8, 4) is 0 Å². The number of rotatable bonds is 7.